The quantitative estimate of drug-likeness (QED) is 0.159. The summed E-state index contributed by atoms with van der Waals surface area (Å²) < 4.78 is 64.9. The van der Waals surface area contributed by atoms with E-state index in [0.29, 0.717) is 33.0 Å². The van der Waals surface area contributed by atoms with Gasteiger partial charge in [-0.1, -0.05) is 12.8 Å². The van der Waals surface area contributed by atoms with Crippen molar-refractivity contribution in [3.63, 3.8) is 0 Å². The molecular weight excluding hydrogens is 540 g/mol. The lowest BCUT2D eigenvalue weighted by atomic mass is 9.94. The molecular formula is C29H48O12. The average molecular weight is 589 g/mol. The van der Waals surface area contributed by atoms with Crippen molar-refractivity contribution in [1.82, 2.24) is 0 Å². The van der Waals surface area contributed by atoms with E-state index in [1.165, 1.54) is 12.8 Å². The zero-order valence-corrected chi connectivity index (χ0v) is 24.6. The summed E-state index contributed by atoms with van der Waals surface area (Å²) >= 11 is 0. The Balaban J connectivity index is 1.06. The van der Waals surface area contributed by atoms with Crippen LogP contribution in [0.2, 0.25) is 0 Å². The third kappa shape index (κ3) is 8.37. The van der Waals surface area contributed by atoms with E-state index in [-0.39, 0.29) is 44.2 Å². The molecule has 0 radical (unpaired) electrons. The number of carbonyl (C=O) groups is 1. The molecule has 2 aliphatic carbocycles. The van der Waals surface area contributed by atoms with Crippen LogP contribution in [0.1, 0.15) is 71.1 Å². The molecule has 2 spiro atoms. The summed E-state index contributed by atoms with van der Waals surface area (Å²) in [5.74, 6) is -1.55. The summed E-state index contributed by atoms with van der Waals surface area (Å²) in [7, 11) is 1.61. The first-order valence-corrected chi connectivity index (χ1v) is 15.4. The predicted octanol–water partition coefficient (Wildman–Crippen LogP) is 2.83. The van der Waals surface area contributed by atoms with Crippen LogP contribution in [0.25, 0.3) is 0 Å². The van der Waals surface area contributed by atoms with Gasteiger partial charge < -0.3 is 52.1 Å². The van der Waals surface area contributed by atoms with E-state index in [4.69, 9.17) is 52.1 Å². The van der Waals surface area contributed by atoms with Crippen molar-refractivity contribution in [3.05, 3.63) is 0 Å². The summed E-state index contributed by atoms with van der Waals surface area (Å²) in [4.78, 5) is 11.9. The fourth-order valence-electron chi connectivity index (χ4n) is 6.42. The van der Waals surface area contributed by atoms with E-state index in [9.17, 15) is 4.79 Å². The molecule has 5 aliphatic rings. The number of hydrogen-bond acceptors (Lipinski definition) is 12. The molecule has 0 aromatic rings. The maximum Gasteiger partial charge on any atom is 0.332 e. The molecule has 41 heavy (non-hydrogen) atoms. The average Bonchev–Trinajstić information content (AvgIpc) is 3.64. The van der Waals surface area contributed by atoms with Gasteiger partial charge in [0.1, 0.15) is 37.6 Å². The molecule has 3 saturated heterocycles. The highest BCUT2D eigenvalue weighted by atomic mass is 16.8. The van der Waals surface area contributed by atoms with Crippen LogP contribution in [0.5, 0.6) is 0 Å². The summed E-state index contributed by atoms with van der Waals surface area (Å²) in [6.07, 6.45) is 7.78. The Hall–Kier alpha value is -0.930. The summed E-state index contributed by atoms with van der Waals surface area (Å²) in [5, 5.41) is 0. The van der Waals surface area contributed by atoms with Gasteiger partial charge in [-0.25, -0.2) is 4.79 Å². The Bertz CT molecular complexity index is 799. The molecule has 2 saturated carbocycles. The second kappa shape index (κ2) is 15.2. The summed E-state index contributed by atoms with van der Waals surface area (Å²) in [6.45, 7) is 4.06. The number of methoxy groups -OCH3 is 1. The van der Waals surface area contributed by atoms with E-state index in [1.54, 1.807) is 14.0 Å². The van der Waals surface area contributed by atoms with Gasteiger partial charge in [-0.3, -0.25) is 0 Å². The van der Waals surface area contributed by atoms with E-state index in [0.717, 1.165) is 51.4 Å². The van der Waals surface area contributed by atoms with Gasteiger partial charge in [-0.2, -0.15) is 0 Å². The van der Waals surface area contributed by atoms with Crippen molar-refractivity contribution in [2.45, 2.75) is 120 Å². The van der Waals surface area contributed by atoms with Gasteiger partial charge in [0.2, 0.25) is 0 Å². The zero-order valence-electron chi connectivity index (χ0n) is 24.6. The van der Waals surface area contributed by atoms with Crippen LogP contribution in [0.3, 0.4) is 0 Å². The van der Waals surface area contributed by atoms with Gasteiger partial charge in [0.25, 0.3) is 0 Å². The van der Waals surface area contributed by atoms with Gasteiger partial charge in [-0.05, 0) is 32.6 Å². The third-order valence-electron chi connectivity index (χ3n) is 8.43. The largest absolute Gasteiger partial charge is 0.462 e. The van der Waals surface area contributed by atoms with Gasteiger partial charge in [0.05, 0.1) is 39.6 Å². The molecule has 12 heteroatoms. The normalized spacial score (nSPS) is 32.9. The third-order valence-corrected chi connectivity index (χ3v) is 8.43. The van der Waals surface area contributed by atoms with E-state index < -0.39 is 30.1 Å². The van der Waals surface area contributed by atoms with Gasteiger partial charge >= 0.3 is 5.97 Å². The Labute approximate surface area is 242 Å². The van der Waals surface area contributed by atoms with E-state index >= 15 is 0 Å². The topological polar surface area (TPSA) is 119 Å². The predicted molar refractivity (Wildman–Crippen MR) is 142 cm³/mol. The highest BCUT2D eigenvalue weighted by Crippen LogP contribution is 2.49. The van der Waals surface area contributed by atoms with Crippen LogP contribution in [0, 0.1) is 0 Å². The molecule has 3 unspecified atom stereocenters. The molecule has 5 rings (SSSR count). The minimum Gasteiger partial charge on any atom is -0.462 e. The van der Waals surface area contributed by atoms with Crippen molar-refractivity contribution in [2.75, 3.05) is 60.0 Å². The molecule has 0 aromatic heterocycles. The van der Waals surface area contributed by atoms with Crippen molar-refractivity contribution < 1.29 is 56.9 Å². The highest BCUT2D eigenvalue weighted by Gasteiger charge is 2.62. The Morgan fingerprint density at radius 1 is 0.780 bits per heavy atom. The van der Waals surface area contributed by atoms with Crippen LogP contribution in [0.15, 0.2) is 0 Å². The highest BCUT2D eigenvalue weighted by molar-refractivity contribution is 5.70. The minimum atomic E-state index is -0.671. The van der Waals surface area contributed by atoms with Crippen LogP contribution in [0.4, 0.5) is 0 Å². The first-order valence-electron chi connectivity index (χ1n) is 15.4. The van der Waals surface area contributed by atoms with Gasteiger partial charge in [0.15, 0.2) is 24.2 Å². The Kier molecular flexibility index (Phi) is 11.7. The maximum atomic E-state index is 11.9. The number of hydrogen-bond donors (Lipinski definition) is 0. The number of rotatable bonds is 15. The van der Waals surface area contributed by atoms with E-state index in [2.05, 4.69) is 0 Å². The zero-order chi connectivity index (χ0) is 28.5. The standard InChI is InChI=1S/C29H48O12/c1-21(34-17-18-35-23(30)20-33-16-15-32-14-13-31-2)37-27-26-25(40-29(41-26)11-7-4-8-12-29)24(38-27)22-19-36-28(39-22)9-5-3-6-10-28/h21-22,24-27H,3-20H2,1-2H3/t21?,22?,24-,25+,26+,27?/m1/s1. The van der Waals surface area contributed by atoms with Gasteiger partial charge in [0, 0.05) is 32.8 Å². The molecule has 0 bridgehead atoms. The molecule has 0 aromatic carbocycles. The Morgan fingerprint density at radius 2 is 1.46 bits per heavy atom. The molecule has 6 atom stereocenters. The van der Waals surface area contributed by atoms with Crippen LogP contribution >= 0.6 is 0 Å². The first kappa shape index (κ1) is 31.5. The van der Waals surface area contributed by atoms with Crippen molar-refractivity contribution >= 4 is 5.97 Å². The lowest BCUT2D eigenvalue weighted by Crippen LogP contribution is -2.43. The second-order valence-corrected chi connectivity index (χ2v) is 11.5. The lowest BCUT2D eigenvalue weighted by Gasteiger charge is -2.35. The molecule has 236 valence electrons. The van der Waals surface area contributed by atoms with E-state index in [1.807, 2.05) is 0 Å². The number of carbonyl (C=O) groups excluding carboxylic acids is 1. The summed E-state index contributed by atoms with van der Waals surface area (Å²) in [5.41, 5.74) is 0. The van der Waals surface area contributed by atoms with Crippen LogP contribution in [-0.4, -0.2) is 115 Å². The van der Waals surface area contributed by atoms with Crippen LogP contribution in [-0.2, 0) is 56.9 Å². The molecule has 0 amide bonds. The SMILES string of the molecule is COCCOCCOCC(=O)OCCOC(C)OC1O[C@H](C2COC3(CCCCC3)O2)[C@@H]2OC3(CCCCC3)O[C@H]12. The summed E-state index contributed by atoms with van der Waals surface area (Å²) in [6, 6.07) is 0. The smallest absolute Gasteiger partial charge is 0.332 e. The minimum absolute atomic E-state index is 0.0818. The first-order chi connectivity index (χ1) is 20.0. The molecule has 0 N–H and O–H groups in total. The molecule has 3 heterocycles. The second-order valence-electron chi connectivity index (χ2n) is 11.5. The van der Waals surface area contributed by atoms with Crippen LogP contribution < -0.4 is 0 Å². The number of ether oxygens (including phenoxy) is 11. The fourth-order valence-corrected chi connectivity index (χ4v) is 6.42. The van der Waals surface area contributed by atoms with Gasteiger partial charge in [-0.15, -0.1) is 0 Å². The Morgan fingerprint density at radius 3 is 2.22 bits per heavy atom. The molecule has 3 aliphatic heterocycles. The molecule has 12 nitrogen and oxygen atoms in total. The number of fused-ring (bicyclic) bond motifs is 1. The lowest BCUT2D eigenvalue weighted by molar-refractivity contribution is -0.296. The van der Waals surface area contributed by atoms with Crippen molar-refractivity contribution in [3.8, 4) is 0 Å². The van der Waals surface area contributed by atoms with Crippen molar-refractivity contribution in [1.29, 1.82) is 0 Å². The molecule has 5 fully saturated rings. The maximum absolute atomic E-state index is 11.9. The monoisotopic (exact) mass is 588 g/mol. The number of esters is 1. The van der Waals surface area contributed by atoms with Crippen molar-refractivity contribution in [2.24, 2.45) is 0 Å². The fraction of sp³-hybridized carbons (Fsp3) is 0.966.